The number of piperidine rings is 1. The van der Waals surface area contributed by atoms with Gasteiger partial charge in [-0.1, -0.05) is 30.3 Å². The van der Waals surface area contributed by atoms with Gasteiger partial charge in [0.1, 0.15) is 0 Å². The minimum absolute atomic E-state index is 0.147. The van der Waals surface area contributed by atoms with Gasteiger partial charge in [0.05, 0.1) is 18.2 Å². The fourth-order valence-corrected chi connectivity index (χ4v) is 4.82. The van der Waals surface area contributed by atoms with Crippen LogP contribution in [0.4, 0.5) is 0 Å². The largest absolute Gasteiger partial charge is 0.354 e. The SMILES string of the molecule is C[C@H](C(=O)N1CCC[C@H](c2nn(CCNC(=O)C3CC3)c3ncccc23)C1)c1ccccc1. The van der Waals surface area contributed by atoms with Crippen molar-refractivity contribution in [3.05, 3.63) is 59.9 Å². The van der Waals surface area contributed by atoms with Gasteiger partial charge in [-0.2, -0.15) is 5.10 Å². The standard InChI is InChI=1S/C26H31N5O2/c1-18(19-7-3-2-4-8-19)26(33)30-15-6-9-21(17-30)23-22-10-5-13-27-24(22)31(29-23)16-14-28-25(32)20-11-12-20/h2-5,7-8,10,13,18,20-21H,6,9,11-12,14-17H2,1H3,(H,28,32)/t18-,21-/m0/s1. The van der Waals surface area contributed by atoms with Crippen molar-refractivity contribution in [2.24, 2.45) is 5.92 Å². The molecule has 0 spiro atoms. The minimum atomic E-state index is -0.156. The summed E-state index contributed by atoms with van der Waals surface area (Å²) in [5.74, 6) is 0.553. The maximum Gasteiger partial charge on any atom is 0.229 e. The molecule has 1 saturated carbocycles. The highest BCUT2D eigenvalue weighted by Crippen LogP contribution is 2.32. The Bertz CT molecular complexity index is 1140. The number of rotatable bonds is 7. The number of amides is 2. The van der Waals surface area contributed by atoms with E-state index >= 15 is 0 Å². The predicted octanol–water partition coefficient (Wildman–Crippen LogP) is 3.47. The van der Waals surface area contributed by atoms with Gasteiger partial charge in [-0.15, -0.1) is 0 Å². The van der Waals surface area contributed by atoms with Crippen LogP contribution in [-0.2, 0) is 16.1 Å². The highest BCUT2D eigenvalue weighted by Gasteiger charge is 2.31. The van der Waals surface area contributed by atoms with Gasteiger partial charge in [-0.25, -0.2) is 9.67 Å². The molecule has 5 rings (SSSR count). The van der Waals surface area contributed by atoms with E-state index in [1.165, 1.54) is 0 Å². The summed E-state index contributed by atoms with van der Waals surface area (Å²) < 4.78 is 1.91. The lowest BCUT2D eigenvalue weighted by atomic mass is 9.91. The average molecular weight is 446 g/mol. The number of pyridine rings is 1. The maximum absolute atomic E-state index is 13.3. The molecule has 1 aromatic carbocycles. The lowest BCUT2D eigenvalue weighted by Gasteiger charge is -2.34. The first-order valence-electron chi connectivity index (χ1n) is 12.0. The van der Waals surface area contributed by atoms with Gasteiger partial charge in [0.25, 0.3) is 0 Å². The number of aromatic nitrogens is 3. The molecule has 3 heterocycles. The molecule has 0 bridgehead atoms. The highest BCUT2D eigenvalue weighted by atomic mass is 16.2. The van der Waals surface area contributed by atoms with Gasteiger partial charge in [0.15, 0.2) is 5.65 Å². The van der Waals surface area contributed by atoms with Crippen molar-refractivity contribution >= 4 is 22.8 Å². The van der Waals surface area contributed by atoms with E-state index in [9.17, 15) is 9.59 Å². The zero-order chi connectivity index (χ0) is 22.8. The van der Waals surface area contributed by atoms with Gasteiger partial charge in [-0.05, 0) is 50.3 Å². The third-order valence-electron chi connectivity index (χ3n) is 6.90. The van der Waals surface area contributed by atoms with Crippen molar-refractivity contribution in [2.45, 2.75) is 51.0 Å². The smallest absolute Gasteiger partial charge is 0.229 e. The van der Waals surface area contributed by atoms with Crippen LogP contribution in [0.25, 0.3) is 11.0 Å². The molecule has 1 saturated heterocycles. The number of likely N-dealkylation sites (tertiary alicyclic amines) is 1. The Balaban J connectivity index is 1.31. The molecule has 33 heavy (non-hydrogen) atoms. The number of benzene rings is 1. The third kappa shape index (κ3) is 4.63. The zero-order valence-electron chi connectivity index (χ0n) is 19.1. The lowest BCUT2D eigenvalue weighted by Crippen LogP contribution is -2.41. The molecule has 1 aliphatic heterocycles. The van der Waals surface area contributed by atoms with Crippen LogP contribution in [0.15, 0.2) is 48.7 Å². The van der Waals surface area contributed by atoms with Crippen LogP contribution in [0.2, 0.25) is 0 Å². The molecule has 2 aliphatic rings. The summed E-state index contributed by atoms with van der Waals surface area (Å²) in [5, 5.41) is 8.99. The normalized spacial score (nSPS) is 19.4. The topological polar surface area (TPSA) is 80.1 Å². The van der Waals surface area contributed by atoms with E-state index in [-0.39, 0.29) is 29.6 Å². The molecule has 2 aromatic heterocycles. The van der Waals surface area contributed by atoms with Crippen molar-refractivity contribution in [3.8, 4) is 0 Å². The molecule has 1 aliphatic carbocycles. The van der Waals surface area contributed by atoms with Crippen molar-refractivity contribution in [1.29, 1.82) is 0 Å². The van der Waals surface area contributed by atoms with Crippen LogP contribution in [0.5, 0.6) is 0 Å². The molecule has 1 N–H and O–H groups in total. The Labute approximate surface area is 194 Å². The fourth-order valence-electron chi connectivity index (χ4n) is 4.82. The molecule has 0 unspecified atom stereocenters. The van der Waals surface area contributed by atoms with E-state index in [0.29, 0.717) is 19.6 Å². The predicted molar refractivity (Wildman–Crippen MR) is 127 cm³/mol. The first-order chi connectivity index (χ1) is 16.1. The second kappa shape index (κ2) is 9.33. The maximum atomic E-state index is 13.3. The molecular weight excluding hydrogens is 414 g/mol. The highest BCUT2D eigenvalue weighted by molar-refractivity contribution is 5.84. The van der Waals surface area contributed by atoms with Gasteiger partial charge >= 0.3 is 0 Å². The van der Waals surface area contributed by atoms with Crippen LogP contribution < -0.4 is 5.32 Å². The monoisotopic (exact) mass is 445 g/mol. The van der Waals surface area contributed by atoms with Gasteiger partial charge in [0, 0.05) is 43.1 Å². The summed E-state index contributed by atoms with van der Waals surface area (Å²) in [4.78, 5) is 31.8. The van der Waals surface area contributed by atoms with E-state index in [1.807, 2.05) is 52.9 Å². The van der Waals surface area contributed by atoms with Crippen molar-refractivity contribution < 1.29 is 9.59 Å². The Morgan fingerprint density at radius 2 is 1.94 bits per heavy atom. The van der Waals surface area contributed by atoms with E-state index in [2.05, 4.69) is 16.4 Å². The number of hydrogen-bond acceptors (Lipinski definition) is 4. The van der Waals surface area contributed by atoms with E-state index in [0.717, 1.165) is 54.5 Å². The number of fused-ring (bicyclic) bond motifs is 1. The number of carbonyl (C=O) groups excluding carboxylic acids is 2. The first-order valence-corrected chi connectivity index (χ1v) is 12.0. The molecule has 2 atom stereocenters. The number of hydrogen-bond donors (Lipinski definition) is 1. The average Bonchev–Trinajstić information content (AvgIpc) is 3.66. The Kier molecular flexibility index (Phi) is 6.11. The van der Waals surface area contributed by atoms with Gasteiger partial charge in [-0.3, -0.25) is 9.59 Å². The third-order valence-corrected chi connectivity index (χ3v) is 6.90. The van der Waals surface area contributed by atoms with Crippen LogP contribution in [0, 0.1) is 5.92 Å². The molecular formula is C26H31N5O2. The zero-order valence-corrected chi connectivity index (χ0v) is 19.1. The molecule has 2 amide bonds. The minimum Gasteiger partial charge on any atom is -0.354 e. The summed E-state index contributed by atoms with van der Waals surface area (Å²) in [5.41, 5.74) is 2.91. The Morgan fingerprint density at radius 3 is 2.73 bits per heavy atom. The van der Waals surface area contributed by atoms with Gasteiger partial charge < -0.3 is 10.2 Å². The fraction of sp³-hybridized carbons (Fsp3) is 0.462. The summed E-state index contributed by atoms with van der Waals surface area (Å²) in [6.45, 7) is 4.59. The van der Waals surface area contributed by atoms with Crippen molar-refractivity contribution in [1.82, 2.24) is 25.0 Å². The van der Waals surface area contributed by atoms with Gasteiger partial charge in [0.2, 0.25) is 11.8 Å². The summed E-state index contributed by atoms with van der Waals surface area (Å²) >= 11 is 0. The summed E-state index contributed by atoms with van der Waals surface area (Å²) in [6, 6.07) is 14.0. The van der Waals surface area contributed by atoms with Crippen LogP contribution in [0.3, 0.4) is 0 Å². The summed E-state index contributed by atoms with van der Waals surface area (Å²) in [7, 11) is 0. The first kappa shape index (κ1) is 21.6. The molecule has 0 radical (unpaired) electrons. The van der Waals surface area contributed by atoms with E-state index in [1.54, 1.807) is 6.20 Å². The van der Waals surface area contributed by atoms with Crippen LogP contribution in [-0.4, -0.2) is 51.1 Å². The second-order valence-electron chi connectivity index (χ2n) is 9.30. The summed E-state index contributed by atoms with van der Waals surface area (Å²) in [6.07, 6.45) is 5.75. The quantitative estimate of drug-likeness (QED) is 0.604. The molecule has 2 fully saturated rings. The van der Waals surface area contributed by atoms with Crippen LogP contribution >= 0.6 is 0 Å². The molecule has 7 nitrogen and oxygen atoms in total. The number of carbonyl (C=O) groups is 2. The number of nitrogens with zero attached hydrogens (tertiary/aromatic N) is 4. The lowest BCUT2D eigenvalue weighted by molar-refractivity contribution is -0.133. The second-order valence-corrected chi connectivity index (χ2v) is 9.30. The Hall–Kier alpha value is -3.22. The number of nitrogens with one attached hydrogen (secondary N) is 1. The molecule has 172 valence electrons. The van der Waals surface area contributed by atoms with E-state index < -0.39 is 0 Å². The van der Waals surface area contributed by atoms with Crippen molar-refractivity contribution in [3.63, 3.8) is 0 Å². The van der Waals surface area contributed by atoms with E-state index in [4.69, 9.17) is 5.10 Å². The Morgan fingerprint density at radius 1 is 1.12 bits per heavy atom. The molecule has 3 aromatic rings. The van der Waals surface area contributed by atoms with Crippen LogP contribution in [0.1, 0.15) is 55.7 Å². The molecule has 7 heteroatoms. The van der Waals surface area contributed by atoms with Crippen molar-refractivity contribution in [2.75, 3.05) is 19.6 Å².